The highest BCUT2D eigenvalue weighted by atomic mass is 16.5. The van der Waals surface area contributed by atoms with E-state index in [9.17, 15) is 0 Å². The number of rotatable bonds is 11. The van der Waals surface area contributed by atoms with Gasteiger partial charge >= 0.3 is 0 Å². The number of nitrogens with two attached hydrogens (primary N) is 1. The molecule has 0 fully saturated rings. The fourth-order valence-electron chi connectivity index (χ4n) is 2.86. The van der Waals surface area contributed by atoms with Gasteiger partial charge in [-0.15, -0.1) is 0 Å². The molecule has 1 unspecified atom stereocenters. The van der Waals surface area contributed by atoms with Crippen molar-refractivity contribution in [1.29, 1.82) is 0 Å². The number of ether oxygens (including phenoxy) is 3. The topological polar surface area (TPSA) is 78.1 Å². The minimum atomic E-state index is 0.327. The van der Waals surface area contributed by atoms with Gasteiger partial charge in [0.2, 0.25) is 5.75 Å². The lowest BCUT2D eigenvalue weighted by atomic mass is 10.0. The van der Waals surface area contributed by atoms with E-state index in [0.717, 1.165) is 17.9 Å². The largest absolute Gasteiger partial charge is 0.493 e. The van der Waals surface area contributed by atoms with Gasteiger partial charge in [-0.05, 0) is 31.7 Å². The number of nitrogens with zero attached hydrogens (tertiary/aromatic N) is 1. The Morgan fingerprint density at radius 1 is 1.04 bits per heavy atom. The van der Waals surface area contributed by atoms with Crippen LogP contribution in [0.5, 0.6) is 17.2 Å². The lowest BCUT2D eigenvalue weighted by Gasteiger charge is -2.16. The molecular formula is C20H35N3O3. The molecule has 0 amide bonds. The standard InChI is InChI=1S/C20H35N3O3/c1-14(2)8-7-9-15(3)23-20(21)22-13-12-16-10-11-17(24-4)19(26-6)18(16)25-5/h10-11,14-15H,7-9,12-13H2,1-6H3,(H3,21,22,23). The lowest BCUT2D eigenvalue weighted by molar-refractivity contribution is 0.322. The Morgan fingerprint density at radius 3 is 2.31 bits per heavy atom. The number of methoxy groups -OCH3 is 3. The normalized spacial score (nSPS) is 12.8. The minimum absolute atomic E-state index is 0.327. The van der Waals surface area contributed by atoms with Crippen LogP contribution in [0.4, 0.5) is 0 Å². The van der Waals surface area contributed by atoms with Crippen molar-refractivity contribution in [2.45, 2.75) is 52.5 Å². The van der Waals surface area contributed by atoms with Gasteiger partial charge in [0.1, 0.15) is 0 Å². The predicted octanol–water partition coefficient (Wildman–Crippen LogP) is 3.37. The molecule has 6 heteroatoms. The van der Waals surface area contributed by atoms with Gasteiger partial charge < -0.3 is 25.3 Å². The maximum absolute atomic E-state index is 6.01. The second kappa shape index (κ2) is 11.5. The van der Waals surface area contributed by atoms with Crippen LogP contribution in [0.25, 0.3) is 0 Å². The van der Waals surface area contributed by atoms with Crippen molar-refractivity contribution >= 4 is 5.96 Å². The van der Waals surface area contributed by atoms with Crippen molar-refractivity contribution in [1.82, 2.24) is 5.32 Å². The Hall–Kier alpha value is -2.11. The SMILES string of the molecule is COc1ccc(CCN=C(N)NC(C)CCCC(C)C)c(OC)c1OC. The van der Waals surface area contributed by atoms with Gasteiger partial charge in [0.05, 0.1) is 21.3 Å². The van der Waals surface area contributed by atoms with Gasteiger partial charge in [-0.3, -0.25) is 4.99 Å². The molecule has 0 heterocycles. The van der Waals surface area contributed by atoms with Crippen molar-refractivity contribution in [2.75, 3.05) is 27.9 Å². The van der Waals surface area contributed by atoms with E-state index < -0.39 is 0 Å². The Morgan fingerprint density at radius 2 is 1.73 bits per heavy atom. The summed E-state index contributed by atoms with van der Waals surface area (Å²) in [4.78, 5) is 4.43. The third-order valence-electron chi connectivity index (χ3n) is 4.26. The Labute approximate surface area is 158 Å². The van der Waals surface area contributed by atoms with Crippen LogP contribution in [0.15, 0.2) is 17.1 Å². The highest BCUT2D eigenvalue weighted by Gasteiger charge is 2.15. The zero-order valence-electron chi connectivity index (χ0n) is 17.1. The summed E-state index contributed by atoms with van der Waals surface area (Å²) in [6.07, 6.45) is 4.23. The number of aliphatic imine (C=N–C) groups is 1. The van der Waals surface area contributed by atoms with E-state index in [2.05, 4.69) is 31.1 Å². The Balaban J connectivity index is 2.59. The average molecular weight is 366 g/mol. The van der Waals surface area contributed by atoms with E-state index in [-0.39, 0.29) is 0 Å². The van der Waals surface area contributed by atoms with Gasteiger partial charge in [0, 0.05) is 18.2 Å². The van der Waals surface area contributed by atoms with Crippen LogP contribution < -0.4 is 25.3 Å². The molecule has 1 aromatic rings. The zero-order chi connectivity index (χ0) is 19.5. The van der Waals surface area contributed by atoms with Crippen LogP contribution in [-0.4, -0.2) is 39.9 Å². The summed E-state index contributed by atoms with van der Waals surface area (Å²) in [6.45, 7) is 7.20. The van der Waals surface area contributed by atoms with Gasteiger partial charge in [0.25, 0.3) is 0 Å². The quantitative estimate of drug-likeness (QED) is 0.464. The third-order valence-corrected chi connectivity index (χ3v) is 4.26. The maximum Gasteiger partial charge on any atom is 0.203 e. The van der Waals surface area contributed by atoms with Crippen LogP contribution in [0.2, 0.25) is 0 Å². The first-order chi connectivity index (χ1) is 12.4. The monoisotopic (exact) mass is 365 g/mol. The number of hydrogen-bond acceptors (Lipinski definition) is 4. The van der Waals surface area contributed by atoms with E-state index in [1.165, 1.54) is 12.8 Å². The third kappa shape index (κ3) is 7.02. The summed E-state index contributed by atoms with van der Waals surface area (Å²) in [5.74, 6) is 3.15. The van der Waals surface area contributed by atoms with Crippen molar-refractivity contribution in [3.8, 4) is 17.2 Å². The van der Waals surface area contributed by atoms with Crippen LogP contribution in [0.1, 0.15) is 45.6 Å². The zero-order valence-corrected chi connectivity index (χ0v) is 17.1. The Bertz CT molecular complexity index is 574. The van der Waals surface area contributed by atoms with Crippen LogP contribution >= 0.6 is 0 Å². The minimum Gasteiger partial charge on any atom is -0.493 e. The molecule has 1 aromatic carbocycles. The molecule has 0 aliphatic heterocycles. The van der Waals surface area contributed by atoms with Gasteiger partial charge in [-0.1, -0.05) is 32.8 Å². The molecule has 6 nitrogen and oxygen atoms in total. The summed E-state index contributed by atoms with van der Waals surface area (Å²) < 4.78 is 16.2. The van der Waals surface area contributed by atoms with Crippen LogP contribution in [0.3, 0.4) is 0 Å². The molecule has 1 atom stereocenters. The van der Waals surface area contributed by atoms with E-state index in [1.54, 1.807) is 21.3 Å². The highest BCUT2D eigenvalue weighted by molar-refractivity contribution is 5.78. The smallest absolute Gasteiger partial charge is 0.203 e. The summed E-state index contributed by atoms with van der Waals surface area (Å²) in [7, 11) is 4.83. The first-order valence-corrected chi connectivity index (χ1v) is 9.27. The summed E-state index contributed by atoms with van der Waals surface area (Å²) >= 11 is 0. The van der Waals surface area contributed by atoms with E-state index in [0.29, 0.717) is 42.2 Å². The number of hydrogen-bond donors (Lipinski definition) is 2. The fraction of sp³-hybridized carbons (Fsp3) is 0.650. The van der Waals surface area contributed by atoms with Gasteiger partial charge in [0.15, 0.2) is 17.5 Å². The molecule has 1 rings (SSSR count). The van der Waals surface area contributed by atoms with Crippen molar-refractivity contribution in [2.24, 2.45) is 16.6 Å². The predicted molar refractivity (Wildman–Crippen MR) is 108 cm³/mol. The van der Waals surface area contributed by atoms with Gasteiger partial charge in [-0.2, -0.15) is 0 Å². The second-order valence-electron chi connectivity index (χ2n) is 6.88. The molecule has 0 aliphatic rings. The van der Waals surface area contributed by atoms with E-state index in [1.807, 2.05) is 12.1 Å². The molecule has 26 heavy (non-hydrogen) atoms. The average Bonchev–Trinajstić information content (AvgIpc) is 2.60. The first-order valence-electron chi connectivity index (χ1n) is 9.27. The van der Waals surface area contributed by atoms with Crippen LogP contribution in [-0.2, 0) is 6.42 Å². The van der Waals surface area contributed by atoms with E-state index >= 15 is 0 Å². The first kappa shape index (κ1) is 21.9. The molecule has 0 spiro atoms. The maximum atomic E-state index is 6.01. The molecule has 0 bridgehead atoms. The fourth-order valence-corrected chi connectivity index (χ4v) is 2.86. The molecular weight excluding hydrogens is 330 g/mol. The summed E-state index contributed by atoms with van der Waals surface area (Å²) in [5.41, 5.74) is 7.01. The van der Waals surface area contributed by atoms with Crippen molar-refractivity contribution < 1.29 is 14.2 Å². The van der Waals surface area contributed by atoms with Crippen molar-refractivity contribution in [3.63, 3.8) is 0 Å². The molecule has 0 saturated carbocycles. The molecule has 3 N–H and O–H groups in total. The number of guanidine groups is 1. The highest BCUT2D eigenvalue weighted by Crippen LogP contribution is 2.39. The Kier molecular flexibility index (Phi) is 9.70. The van der Waals surface area contributed by atoms with Gasteiger partial charge in [-0.25, -0.2) is 0 Å². The molecule has 0 radical (unpaired) electrons. The summed E-state index contributed by atoms with van der Waals surface area (Å²) in [5, 5.41) is 3.26. The number of benzene rings is 1. The van der Waals surface area contributed by atoms with Crippen LogP contribution in [0, 0.1) is 5.92 Å². The second-order valence-corrected chi connectivity index (χ2v) is 6.88. The lowest BCUT2D eigenvalue weighted by Crippen LogP contribution is -2.38. The summed E-state index contributed by atoms with van der Waals surface area (Å²) in [6, 6.07) is 4.17. The molecule has 0 saturated heterocycles. The molecule has 0 aliphatic carbocycles. The van der Waals surface area contributed by atoms with Crippen molar-refractivity contribution in [3.05, 3.63) is 17.7 Å². The molecule has 148 valence electrons. The number of nitrogens with one attached hydrogen (secondary N) is 1. The molecule has 0 aromatic heterocycles. The van der Waals surface area contributed by atoms with E-state index in [4.69, 9.17) is 19.9 Å².